The number of imidazole rings is 1. The average molecular weight is 358 g/mol. The summed E-state index contributed by atoms with van der Waals surface area (Å²) in [5.41, 5.74) is 1.79. The van der Waals surface area contributed by atoms with E-state index in [0.717, 1.165) is 24.1 Å². The molecule has 1 aliphatic heterocycles. The van der Waals surface area contributed by atoms with E-state index in [4.69, 9.17) is 4.74 Å². The van der Waals surface area contributed by atoms with Crippen molar-refractivity contribution in [2.45, 2.75) is 44.2 Å². The number of amides is 1. The molecule has 2 aromatic rings. The summed E-state index contributed by atoms with van der Waals surface area (Å²) in [5.74, 6) is 1.06. The zero-order valence-electron chi connectivity index (χ0n) is 15.3. The minimum absolute atomic E-state index is 0.0360. The Bertz CT molecular complexity index is 803. The summed E-state index contributed by atoms with van der Waals surface area (Å²) in [7, 11) is 4.07. The minimum atomic E-state index is -0.136. The van der Waals surface area contributed by atoms with Gasteiger partial charge in [-0.15, -0.1) is 0 Å². The summed E-state index contributed by atoms with van der Waals surface area (Å²) >= 11 is 0. The van der Waals surface area contributed by atoms with Gasteiger partial charge in [0.1, 0.15) is 12.4 Å². The van der Waals surface area contributed by atoms with Crippen LogP contribution < -0.4 is 5.32 Å². The molecule has 1 aromatic heterocycles. The van der Waals surface area contributed by atoms with Crippen molar-refractivity contribution >= 4 is 16.9 Å². The molecule has 0 unspecified atom stereocenters. The lowest BCUT2D eigenvalue weighted by Gasteiger charge is -2.50. The number of para-hydroxylation sites is 2. The monoisotopic (exact) mass is 358 g/mol. The highest BCUT2D eigenvalue weighted by atomic mass is 16.5. The number of nitrogens with one attached hydrogen (secondary N) is 1. The second-order valence-corrected chi connectivity index (χ2v) is 7.41. The number of hydrogen-bond acceptors (Lipinski definition) is 5. The van der Waals surface area contributed by atoms with E-state index in [1.807, 2.05) is 42.9 Å². The summed E-state index contributed by atoms with van der Waals surface area (Å²) < 4.78 is 7.73. The first-order valence-electron chi connectivity index (χ1n) is 9.22. The smallest absolute Gasteiger partial charge is 0.222 e. The van der Waals surface area contributed by atoms with Crippen molar-refractivity contribution < 1.29 is 14.6 Å². The van der Waals surface area contributed by atoms with Crippen molar-refractivity contribution in [3.8, 4) is 0 Å². The van der Waals surface area contributed by atoms with Crippen LogP contribution in [0.2, 0.25) is 0 Å². The summed E-state index contributed by atoms with van der Waals surface area (Å²) in [6, 6.07) is 8.15. The first-order chi connectivity index (χ1) is 12.6. The molecule has 26 heavy (non-hydrogen) atoms. The van der Waals surface area contributed by atoms with Crippen LogP contribution in [-0.2, 0) is 22.7 Å². The third-order valence-corrected chi connectivity index (χ3v) is 5.71. The van der Waals surface area contributed by atoms with E-state index in [0.29, 0.717) is 24.7 Å². The summed E-state index contributed by atoms with van der Waals surface area (Å²) in [4.78, 5) is 19.1. The van der Waals surface area contributed by atoms with Crippen LogP contribution in [0.15, 0.2) is 24.3 Å². The molecule has 7 heteroatoms. The van der Waals surface area contributed by atoms with Crippen LogP contribution in [0.4, 0.5) is 0 Å². The first kappa shape index (κ1) is 17.5. The van der Waals surface area contributed by atoms with Gasteiger partial charge in [-0.05, 0) is 32.6 Å². The molecule has 140 valence electrons. The normalized spacial score (nSPS) is 27.5. The first-order valence-corrected chi connectivity index (χ1v) is 9.22. The van der Waals surface area contributed by atoms with Crippen LogP contribution in [0.5, 0.6) is 0 Å². The van der Waals surface area contributed by atoms with Gasteiger partial charge >= 0.3 is 0 Å². The van der Waals surface area contributed by atoms with Gasteiger partial charge < -0.3 is 24.6 Å². The summed E-state index contributed by atoms with van der Waals surface area (Å²) in [6.07, 6.45) is 1.62. The van der Waals surface area contributed by atoms with Gasteiger partial charge in [-0.2, -0.15) is 0 Å². The Morgan fingerprint density at radius 1 is 1.42 bits per heavy atom. The van der Waals surface area contributed by atoms with Crippen LogP contribution in [-0.4, -0.2) is 64.4 Å². The van der Waals surface area contributed by atoms with E-state index in [2.05, 4.69) is 15.2 Å². The molecule has 7 nitrogen and oxygen atoms in total. The predicted octanol–water partition coefficient (Wildman–Crippen LogP) is 0.752. The number of likely N-dealkylation sites (N-methyl/N-ethyl adjacent to an activating group) is 1. The third-order valence-electron chi connectivity index (χ3n) is 5.71. The van der Waals surface area contributed by atoms with Crippen LogP contribution in [0.3, 0.4) is 0 Å². The number of rotatable bonds is 6. The van der Waals surface area contributed by atoms with Crippen LogP contribution in [0, 0.1) is 5.92 Å². The molecule has 0 bridgehead atoms. The Hall–Kier alpha value is -1.96. The Labute approximate surface area is 152 Å². The second kappa shape index (κ2) is 6.98. The average Bonchev–Trinajstić information content (AvgIpc) is 3.18. The fraction of sp³-hybridized carbons (Fsp3) is 0.579. The quantitative estimate of drug-likeness (QED) is 0.797. The molecule has 1 aromatic carbocycles. The van der Waals surface area contributed by atoms with Crippen molar-refractivity contribution in [2.24, 2.45) is 5.92 Å². The van der Waals surface area contributed by atoms with Gasteiger partial charge in [0.05, 0.1) is 29.2 Å². The lowest BCUT2D eigenvalue weighted by molar-refractivity contribution is -0.128. The van der Waals surface area contributed by atoms with Gasteiger partial charge in [0.2, 0.25) is 5.91 Å². The molecule has 0 spiro atoms. The van der Waals surface area contributed by atoms with E-state index >= 15 is 0 Å². The van der Waals surface area contributed by atoms with Crippen molar-refractivity contribution in [1.82, 2.24) is 19.8 Å². The predicted molar refractivity (Wildman–Crippen MR) is 97.5 cm³/mol. The number of aryl methyl sites for hydroxylation is 1. The van der Waals surface area contributed by atoms with Crippen LogP contribution in [0.1, 0.15) is 18.7 Å². The third kappa shape index (κ3) is 2.90. The lowest BCUT2D eigenvalue weighted by Crippen LogP contribution is -2.69. The molecule has 1 aliphatic carbocycles. The number of aliphatic hydroxyl groups is 1. The Kier molecular flexibility index (Phi) is 4.69. The fourth-order valence-corrected chi connectivity index (χ4v) is 4.45. The Morgan fingerprint density at radius 3 is 3.00 bits per heavy atom. The second-order valence-electron chi connectivity index (χ2n) is 7.41. The van der Waals surface area contributed by atoms with Gasteiger partial charge in [-0.3, -0.25) is 4.79 Å². The molecule has 1 amide bonds. The van der Waals surface area contributed by atoms with Gasteiger partial charge in [-0.25, -0.2) is 4.98 Å². The standard InChI is InChI=1S/C19H26N4O3/c1-22(2)18-17(12-8-10-26-19(12)18)21-16(25)7-9-23-14-6-4-3-5-13(14)20-15(23)11-24/h3-6,12,17-19,24H,7-11H2,1-2H3,(H,21,25)/t12-,17+,18-,19-/m1/s1. The van der Waals surface area contributed by atoms with E-state index in [1.165, 1.54) is 0 Å². The fourth-order valence-electron chi connectivity index (χ4n) is 4.45. The number of hydrogen-bond donors (Lipinski definition) is 2. The Balaban J connectivity index is 1.42. The summed E-state index contributed by atoms with van der Waals surface area (Å²) in [5, 5.41) is 12.8. The van der Waals surface area contributed by atoms with Crippen molar-refractivity contribution in [3.05, 3.63) is 30.1 Å². The number of nitrogens with zero attached hydrogens (tertiary/aromatic N) is 3. The topological polar surface area (TPSA) is 79.6 Å². The molecule has 2 heterocycles. The number of benzene rings is 1. The van der Waals surface area contributed by atoms with Gasteiger partial charge in [-0.1, -0.05) is 12.1 Å². The molecule has 0 radical (unpaired) electrons. The van der Waals surface area contributed by atoms with Gasteiger partial charge in [0.25, 0.3) is 0 Å². The number of aromatic nitrogens is 2. The molecule has 2 aliphatic rings. The number of aliphatic hydroxyl groups excluding tert-OH is 1. The molecular weight excluding hydrogens is 332 g/mol. The van der Waals surface area contributed by atoms with E-state index in [-0.39, 0.29) is 30.7 Å². The molecular formula is C19H26N4O3. The Morgan fingerprint density at radius 2 is 2.23 bits per heavy atom. The molecule has 2 N–H and O–H groups in total. The largest absolute Gasteiger partial charge is 0.388 e. The number of fused-ring (bicyclic) bond motifs is 2. The maximum Gasteiger partial charge on any atom is 0.222 e. The highest BCUT2D eigenvalue weighted by Gasteiger charge is 2.55. The SMILES string of the molecule is CN(C)[C@@H]1[C@@H](NC(=O)CCn2c(CO)nc3ccccc32)[C@H]2CCO[C@H]21. The van der Waals surface area contributed by atoms with Crippen molar-refractivity contribution in [1.29, 1.82) is 0 Å². The van der Waals surface area contributed by atoms with E-state index in [9.17, 15) is 9.90 Å². The van der Waals surface area contributed by atoms with Gasteiger partial charge in [0.15, 0.2) is 0 Å². The van der Waals surface area contributed by atoms with Crippen molar-refractivity contribution in [3.63, 3.8) is 0 Å². The zero-order valence-corrected chi connectivity index (χ0v) is 15.3. The number of carbonyl (C=O) groups is 1. The maximum absolute atomic E-state index is 12.6. The molecule has 1 saturated carbocycles. The molecule has 2 fully saturated rings. The molecule has 4 rings (SSSR count). The van der Waals surface area contributed by atoms with Gasteiger partial charge in [0, 0.05) is 25.5 Å². The highest BCUT2D eigenvalue weighted by Crippen LogP contribution is 2.41. The number of carbonyl (C=O) groups excluding carboxylic acids is 1. The number of ether oxygens (including phenoxy) is 1. The van der Waals surface area contributed by atoms with Crippen LogP contribution in [0.25, 0.3) is 11.0 Å². The summed E-state index contributed by atoms with van der Waals surface area (Å²) in [6.45, 7) is 1.15. The molecule has 4 atom stereocenters. The van der Waals surface area contributed by atoms with Crippen molar-refractivity contribution in [2.75, 3.05) is 20.7 Å². The van der Waals surface area contributed by atoms with Crippen LogP contribution >= 0.6 is 0 Å². The van der Waals surface area contributed by atoms with E-state index < -0.39 is 0 Å². The highest BCUT2D eigenvalue weighted by molar-refractivity contribution is 5.78. The lowest BCUT2D eigenvalue weighted by atomic mass is 9.71. The minimum Gasteiger partial charge on any atom is -0.388 e. The van der Waals surface area contributed by atoms with E-state index in [1.54, 1.807) is 0 Å². The zero-order chi connectivity index (χ0) is 18.3. The molecule has 1 saturated heterocycles. The maximum atomic E-state index is 12.6.